The van der Waals surface area contributed by atoms with Crippen LogP contribution in [0.2, 0.25) is 0 Å². The average Bonchev–Trinajstić information content (AvgIpc) is 3.23. The fourth-order valence-electron chi connectivity index (χ4n) is 1.99. The van der Waals surface area contributed by atoms with Crippen LogP contribution in [0.1, 0.15) is 43.0 Å². The lowest BCUT2D eigenvalue weighted by atomic mass is 10.1. The Kier molecular flexibility index (Phi) is 4.62. The lowest BCUT2D eigenvalue weighted by molar-refractivity contribution is 0.111. The Hall–Kier alpha value is -2.02. The summed E-state index contributed by atoms with van der Waals surface area (Å²) in [6.07, 6.45) is 4.25. The molecule has 0 atom stereocenters. The summed E-state index contributed by atoms with van der Waals surface area (Å²) in [5, 5.41) is 8.80. The number of aldehydes is 1. The van der Waals surface area contributed by atoms with E-state index in [0.29, 0.717) is 36.7 Å². The van der Waals surface area contributed by atoms with Gasteiger partial charge in [-0.05, 0) is 31.4 Å². The van der Waals surface area contributed by atoms with Crippen LogP contribution in [0.5, 0.6) is 11.5 Å². The zero-order chi connectivity index (χ0) is 14.4. The first-order chi connectivity index (χ1) is 9.73. The maximum atomic E-state index is 11.0. The van der Waals surface area contributed by atoms with Crippen molar-refractivity contribution < 1.29 is 14.3 Å². The van der Waals surface area contributed by atoms with Gasteiger partial charge in [0, 0.05) is 17.9 Å². The summed E-state index contributed by atoms with van der Waals surface area (Å²) in [7, 11) is 0. The Morgan fingerprint density at radius 3 is 2.80 bits per heavy atom. The minimum absolute atomic E-state index is 0.00478. The summed E-state index contributed by atoms with van der Waals surface area (Å²) in [5.74, 6) is 1.25. The van der Waals surface area contributed by atoms with Crippen molar-refractivity contribution in [1.82, 2.24) is 0 Å². The zero-order valence-electron chi connectivity index (χ0n) is 11.7. The maximum absolute atomic E-state index is 11.0. The van der Waals surface area contributed by atoms with Crippen molar-refractivity contribution >= 4 is 6.29 Å². The normalized spacial score (nSPS) is 15.2. The lowest BCUT2D eigenvalue weighted by Crippen LogP contribution is -2.13. The number of carbonyl (C=O) groups excluding carboxylic acids is 1. The Balaban J connectivity index is 2.04. The number of nitriles is 1. The van der Waals surface area contributed by atoms with E-state index in [4.69, 9.17) is 14.7 Å². The third-order valence-electron chi connectivity index (χ3n) is 3.53. The summed E-state index contributed by atoms with van der Waals surface area (Å²) >= 11 is 0. The van der Waals surface area contributed by atoms with E-state index in [1.165, 1.54) is 0 Å². The fraction of sp³-hybridized carbons (Fsp3) is 0.500. The van der Waals surface area contributed by atoms with Crippen molar-refractivity contribution in [2.24, 2.45) is 5.41 Å². The predicted octanol–water partition coefficient (Wildman–Crippen LogP) is 3.36. The number of nitrogens with zero attached hydrogens (tertiary/aromatic N) is 1. The second kappa shape index (κ2) is 6.42. The van der Waals surface area contributed by atoms with Crippen LogP contribution in [0.3, 0.4) is 0 Å². The number of hydrogen-bond donors (Lipinski definition) is 0. The molecular formula is C16H19NO3. The van der Waals surface area contributed by atoms with Gasteiger partial charge < -0.3 is 9.47 Å². The Morgan fingerprint density at radius 2 is 2.20 bits per heavy atom. The molecule has 0 aliphatic heterocycles. The molecule has 1 aliphatic carbocycles. The number of rotatable bonds is 8. The van der Waals surface area contributed by atoms with Gasteiger partial charge >= 0.3 is 0 Å². The van der Waals surface area contributed by atoms with Crippen molar-refractivity contribution in [2.75, 3.05) is 13.2 Å². The molecule has 0 amide bonds. The van der Waals surface area contributed by atoms with E-state index in [1.54, 1.807) is 18.2 Å². The monoisotopic (exact) mass is 273 g/mol. The number of carbonyl (C=O) groups is 1. The molecule has 1 aromatic rings. The standard InChI is InChI=1S/C16H19NO3/c1-2-9-19-14-4-3-13(11-18)15(10-14)20-12-16(5-6-16)7-8-17/h3-4,10-11H,2,5-7,9,12H2,1H3. The predicted molar refractivity (Wildman–Crippen MR) is 75.0 cm³/mol. The molecule has 1 aliphatic rings. The van der Waals surface area contributed by atoms with Gasteiger partial charge in [0.2, 0.25) is 0 Å². The number of ether oxygens (including phenoxy) is 2. The van der Waals surface area contributed by atoms with Gasteiger partial charge in [-0.25, -0.2) is 0 Å². The van der Waals surface area contributed by atoms with Crippen LogP contribution in [0, 0.1) is 16.7 Å². The molecule has 0 radical (unpaired) electrons. The Labute approximate surface area is 119 Å². The molecule has 0 N–H and O–H groups in total. The summed E-state index contributed by atoms with van der Waals surface area (Å²) in [4.78, 5) is 11.0. The Morgan fingerprint density at radius 1 is 1.40 bits per heavy atom. The molecule has 2 rings (SSSR count). The largest absolute Gasteiger partial charge is 0.493 e. The zero-order valence-corrected chi connectivity index (χ0v) is 11.7. The molecule has 0 aromatic heterocycles. The minimum Gasteiger partial charge on any atom is -0.493 e. The highest BCUT2D eigenvalue weighted by Crippen LogP contribution is 2.48. The highest BCUT2D eigenvalue weighted by molar-refractivity contribution is 5.79. The van der Waals surface area contributed by atoms with Gasteiger partial charge in [-0.2, -0.15) is 5.26 Å². The SMILES string of the molecule is CCCOc1ccc(C=O)c(OCC2(CC#N)CC2)c1. The van der Waals surface area contributed by atoms with Crippen LogP contribution in [0.15, 0.2) is 18.2 Å². The van der Waals surface area contributed by atoms with Crippen LogP contribution in [0.4, 0.5) is 0 Å². The second-order valence-electron chi connectivity index (χ2n) is 5.29. The van der Waals surface area contributed by atoms with E-state index in [1.807, 2.05) is 6.92 Å². The van der Waals surface area contributed by atoms with E-state index in [9.17, 15) is 4.79 Å². The Bertz CT molecular complexity index is 515. The molecule has 0 heterocycles. The summed E-state index contributed by atoms with van der Waals surface area (Å²) in [5.41, 5.74) is 0.511. The molecule has 0 bridgehead atoms. The van der Waals surface area contributed by atoms with Crippen LogP contribution in [0.25, 0.3) is 0 Å². The average molecular weight is 273 g/mol. The first-order valence-electron chi connectivity index (χ1n) is 6.95. The van der Waals surface area contributed by atoms with E-state index < -0.39 is 0 Å². The molecule has 0 spiro atoms. The first-order valence-corrected chi connectivity index (χ1v) is 6.95. The molecule has 0 saturated heterocycles. The number of hydrogen-bond acceptors (Lipinski definition) is 4. The smallest absolute Gasteiger partial charge is 0.153 e. The van der Waals surface area contributed by atoms with Gasteiger partial charge in [0.05, 0.1) is 24.8 Å². The van der Waals surface area contributed by atoms with Gasteiger partial charge in [-0.1, -0.05) is 6.92 Å². The highest BCUT2D eigenvalue weighted by Gasteiger charge is 2.43. The molecule has 1 aromatic carbocycles. The van der Waals surface area contributed by atoms with Crippen LogP contribution < -0.4 is 9.47 Å². The molecule has 20 heavy (non-hydrogen) atoms. The van der Waals surface area contributed by atoms with E-state index in [-0.39, 0.29) is 5.41 Å². The first kappa shape index (κ1) is 14.4. The van der Waals surface area contributed by atoms with E-state index in [0.717, 1.165) is 25.5 Å². The van der Waals surface area contributed by atoms with Crippen molar-refractivity contribution in [2.45, 2.75) is 32.6 Å². The van der Waals surface area contributed by atoms with E-state index in [2.05, 4.69) is 6.07 Å². The quantitative estimate of drug-likeness (QED) is 0.681. The van der Waals surface area contributed by atoms with Crippen molar-refractivity contribution in [1.29, 1.82) is 5.26 Å². The van der Waals surface area contributed by atoms with Gasteiger partial charge in [0.1, 0.15) is 11.5 Å². The highest BCUT2D eigenvalue weighted by atomic mass is 16.5. The van der Waals surface area contributed by atoms with Crippen LogP contribution in [-0.2, 0) is 0 Å². The summed E-state index contributed by atoms with van der Waals surface area (Å²) in [6.45, 7) is 3.16. The minimum atomic E-state index is -0.00478. The summed E-state index contributed by atoms with van der Waals surface area (Å²) in [6, 6.07) is 7.43. The van der Waals surface area contributed by atoms with Gasteiger partial charge in [0.25, 0.3) is 0 Å². The molecule has 1 fully saturated rings. The third kappa shape index (κ3) is 3.51. The van der Waals surface area contributed by atoms with Gasteiger partial charge in [0.15, 0.2) is 6.29 Å². The van der Waals surface area contributed by atoms with Crippen molar-refractivity contribution in [3.8, 4) is 17.6 Å². The fourth-order valence-corrected chi connectivity index (χ4v) is 1.99. The molecule has 4 heteroatoms. The van der Waals surface area contributed by atoms with Gasteiger partial charge in [-0.3, -0.25) is 4.79 Å². The third-order valence-corrected chi connectivity index (χ3v) is 3.53. The topological polar surface area (TPSA) is 59.3 Å². The van der Waals surface area contributed by atoms with Crippen molar-refractivity contribution in [3.63, 3.8) is 0 Å². The van der Waals surface area contributed by atoms with Crippen molar-refractivity contribution in [3.05, 3.63) is 23.8 Å². The maximum Gasteiger partial charge on any atom is 0.153 e. The van der Waals surface area contributed by atoms with E-state index >= 15 is 0 Å². The van der Waals surface area contributed by atoms with Gasteiger partial charge in [-0.15, -0.1) is 0 Å². The van der Waals surface area contributed by atoms with Crippen LogP contribution in [-0.4, -0.2) is 19.5 Å². The second-order valence-corrected chi connectivity index (χ2v) is 5.29. The van der Waals surface area contributed by atoms with Crippen LogP contribution >= 0.6 is 0 Å². The number of benzene rings is 1. The molecule has 1 saturated carbocycles. The molecule has 4 nitrogen and oxygen atoms in total. The lowest BCUT2D eigenvalue weighted by Gasteiger charge is -2.15. The molecular weight excluding hydrogens is 254 g/mol. The molecule has 106 valence electrons. The summed E-state index contributed by atoms with van der Waals surface area (Å²) < 4.78 is 11.3. The molecule has 0 unspecified atom stereocenters.